The Bertz CT molecular complexity index is 275. The average Bonchev–Trinajstić information content (AvgIpc) is 2.50. The molecule has 0 aliphatic rings. The molecule has 1 aromatic heterocycles. The fourth-order valence-corrected chi connectivity index (χ4v) is 2.86. The lowest BCUT2D eigenvalue weighted by molar-refractivity contribution is 0.298. The van der Waals surface area contributed by atoms with Crippen molar-refractivity contribution in [3.05, 3.63) is 20.8 Å². The number of hydrogen-bond acceptors (Lipinski definition) is 3. The summed E-state index contributed by atoms with van der Waals surface area (Å²) in [4.78, 5) is 3.74. The Morgan fingerprint density at radius 2 is 2.36 bits per heavy atom. The van der Waals surface area contributed by atoms with E-state index >= 15 is 0 Å². The molecule has 0 bridgehead atoms. The van der Waals surface area contributed by atoms with E-state index in [0.29, 0.717) is 6.04 Å². The maximum absolute atomic E-state index is 3.47. The summed E-state index contributed by atoms with van der Waals surface area (Å²) >= 11 is 5.27. The Labute approximate surface area is 98.4 Å². The Kier molecular flexibility index (Phi) is 5.09. The minimum Gasteiger partial charge on any atom is -0.316 e. The second-order valence-corrected chi connectivity index (χ2v) is 5.53. The number of halogens is 1. The molecule has 0 aliphatic heterocycles. The monoisotopic (exact) mass is 276 g/mol. The van der Waals surface area contributed by atoms with Crippen molar-refractivity contribution in [1.29, 1.82) is 0 Å². The Hall–Kier alpha value is 0.1000. The van der Waals surface area contributed by atoms with E-state index in [-0.39, 0.29) is 0 Å². The molecule has 4 heteroatoms. The van der Waals surface area contributed by atoms with Gasteiger partial charge < -0.3 is 5.32 Å². The SMILES string of the molecule is CNC(C)CN(C)Cc1cc(Br)cs1. The van der Waals surface area contributed by atoms with E-state index in [2.05, 4.69) is 51.6 Å². The van der Waals surface area contributed by atoms with Crippen molar-refractivity contribution in [3.8, 4) is 0 Å². The Morgan fingerprint density at radius 1 is 1.64 bits per heavy atom. The molecule has 0 fully saturated rings. The van der Waals surface area contributed by atoms with E-state index in [0.717, 1.165) is 13.1 Å². The van der Waals surface area contributed by atoms with Crippen LogP contribution in [0.1, 0.15) is 11.8 Å². The highest BCUT2D eigenvalue weighted by Gasteiger charge is 2.05. The smallest absolute Gasteiger partial charge is 0.0325 e. The molecular weight excluding hydrogens is 260 g/mol. The molecule has 14 heavy (non-hydrogen) atoms. The predicted molar refractivity (Wildman–Crippen MR) is 66.9 cm³/mol. The van der Waals surface area contributed by atoms with Crippen molar-refractivity contribution in [2.45, 2.75) is 19.5 Å². The minimum atomic E-state index is 0.545. The van der Waals surface area contributed by atoms with Crippen molar-refractivity contribution < 1.29 is 0 Å². The molecule has 1 unspecified atom stereocenters. The number of nitrogens with one attached hydrogen (secondary N) is 1. The largest absolute Gasteiger partial charge is 0.316 e. The second kappa shape index (κ2) is 5.85. The molecule has 0 radical (unpaired) electrons. The molecule has 0 spiro atoms. The quantitative estimate of drug-likeness (QED) is 0.889. The molecule has 80 valence electrons. The molecule has 1 aromatic rings. The van der Waals surface area contributed by atoms with E-state index in [4.69, 9.17) is 0 Å². The molecule has 1 rings (SSSR count). The number of likely N-dealkylation sites (N-methyl/N-ethyl adjacent to an activating group) is 2. The molecule has 0 aromatic carbocycles. The van der Waals surface area contributed by atoms with Gasteiger partial charge in [-0.25, -0.2) is 0 Å². The van der Waals surface area contributed by atoms with Gasteiger partial charge >= 0.3 is 0 Å². The first-order chi connectivity index (χ1) is 6.61. The van der Waals surface area contributed by atoms with Crippen LogP contribution in [-0.4, -0.2) is 31.6 Å². The highest BCUT2D eigenvalue weighted by Crippen LogP contribution is 2.20. The lowest BCUT2D eigenvalue weighted by Crippen LogP contribution is -2.34. The van der Waals surface area contributed by atoms with Crippen LogP contribution in [0, 0.1) is 0 Å². The standard InChI is InChI=1S/C10H17BrN2S/c1-8(12-2)5-13(3)6-10-4-9(11)7-14-10/h4,7-8,12H,5-6H2,1-3H3. The predicted octanol–water partition coefficient (Wildman–Crippen LogP) is 2.55. The fourth-order valence-electron chi connectivity index (χ4n) is 1.33. The van der Waals surface area contributed by atoms with Gasteiger partial charge in [-0.3, -0.25) is 4.90 Å². The van der Waals surface area contributed by atoms with Crippen LogP contribution in [0.3, 0.4) is 0 Å². The van der Waals surface area contributed by atoms with E-state index in [1.165, 1.54) is 9.35 Å². The maximum atomic E-state index is 3.47. The van der Waals surface area contributed by atoms with Gasteiger partial charge in [-0.1, -0.05) is 0 Å². The number of thiophene rings is 1. The summed E-state index contributed by atoms with van der Waals surface area (Å²) in [5, 5.41) is 5.37. The topological polar surface area (TPSA) is 15.3 Å². The number of nitrogens with zero attached hydrogens (tertiary/aromatic N) is 1. The summed E-state index contributed by atoms with van der Waals surface area (Å²) < 4.78 is 1.19. The maximum Gasteiger partial charge on any atom is 0.0325 e. The zero-order valence-electron chi connectivity index (χ0n) is 8.88. The summed E-state index contributed by atoms with van der Waals surface area (Å²) in [6, 6.07) is 2.73. The van der Waals surface area contributed by atoms with E-state index in [1.807, 2.05) is 7.05 Å². The van der Waals surface area contributed by atoms with Crippen LogP contribution in [0.4, 0.5) is 0 Å². The van der Waals surface area contributed by atoms with Gasteiger partial charge in [0.1, 0.15) is 0 Å². The molecule has 1 heterocycles. The minimum absolute atomic E-state index is 0.545. The van der Waals surface area contributed by atoms with Crippen molar-refractivity contribution in [2.24, 2.45) is 0 Å². The molecule has 2 nitrogen and oxygen atoms in total. The molecule has 1 atom stereocenters. The molecule has 0 aliphatic carbocycles. The van der Waals surface area contributed by atoms with Crippen molar-refractivity contribution >= 4 is 27.3 Å². The summed E-state index contributed by atoms with van der Waals surface area (Å²) in [7, 11) is 4.15. The lowest BCUT2D eigenvalue weighted by Gasteiger charge is -2.20. The van der Waals surface area contributed by atoms with Crippen molar-refractivity contribution in [2.75, 3.05) is 20.6 Å². The van der Waals surface area contributed by atoms with Crippen molar-refractivity contribution in [3.63, 3.8) is 0 Å². The summed E-state index contributed by atoms with van der Waals surface area (Å²) in [6.45, 7) is 4.30. The van der Waals surface area contributed by atoms with Gasteiger partial charge in [-0.05, 0) is 43.0 Å². The van der Waals surface area contributed by atoms with Gasteiger partial charge in [-0.2, -0.15) is 0 Å². The fraction of sp³-hybridized carbons (Fsp3) is 0.600. The second-order valence-electron chi connectivity index (χ2n) is 3.62. The first-order valence-electron chi connectivity index (χ1n) is 4.70. The molecule has 0 amide bonds. The normalized spacial score (nSPS) is 13.5. The summed E-state index contributed by atoms with van der Waals surface area (Å²) in [6.07, 6.45) is 0. The highest BCUT2D eigenvalue weighted by molar-refractivity contribution is 9.10. The van der Waals surface area contributed by atoms with E-state index in [1.54, 1.807) is 11.3 Å². The third-order valence-corrected chi connectivity index (χ3v) is 3.81. The van der Waals surface area contributed by atoms with Crippen LogP contribution in [0.5, 0.6) is 0 Å². The van der Waals surface area contributed by atoms with Crippen LogP contribution in [0.15, 0.2) is 15.9 Å². The molecule has 1 N–H and O–H groups in total. The average molecular weight is 277 g/mol. The lowest BCUT2D eigenvalue weighted by atomic mass is 10.3. The zero-order chi connectivity index (χ0) is 10.6. The Morgan fingerprint density at radius 3 is 2.86 bits per heavy atom. The molecular formula is C10H17BrN2S. The van der Waals surface area contributed by atoms with Crippen LogP contribution in [0.2, 0.25) is 0 Å². The first-order valence-corrected chi connectivity index (χ1v) is 6.37. The van der Waals surface area contributed by atoms with Gasteiger partial charge in [0.05, 0.1) is 0 Å². The molecule has 0 saturated carbocycles. The van der Waals surface area contributed by atoms with Gasteiger partial charge in [0.25, 0.3) is 0 Å². The number of rotatable bonds is 5. The third kappa shape index (κ3) is 4.09. The van der Waals surface area contributed by atoms with Gasteiger partial charge in [0, 0.05) is 33.9 Å². The molecule has 0 saturated heterocycles. The van der Waals surface area contributed by atoms with Crippen LogP contribution < -0.4 is 5.32 Å². The van der Waals surface area contributed by atoms with Gasteiger partial charge in [0.2, 0.25) is 0 Å². The summed E-state index contributed by atoms with van der Waals surface area (Å²) in [5.74, 6) is 0. The van der Waals surface area contributed by atoms with E-state index < -0.39 is 0 Å². The highest BCUT2D eigenvalue weighted by atomic mass is 79.9. The number of hydrogen-bond donors (Lipinski definition) is 1. The summed E-state index contributed by atoms with van der Waals surface area (Å²) in [5.41, 5.74) is 0. The van der Waals surface area contributed by atoms with Gasteiger partial charge in [-0.15, -0.1) is 11.3 Å². The first kappa shape index (κ1) is 12.2. The van der Waals surface area contributed by atoms with Crippen molar-refractivity contribution in [1.82, 2.24) is 10.2 Å². The zero-order valence-corrected chi connectivity index (χ0v) is 11.3. The van der Waals surface area contributed by atoms with Crippen LogP contribution in [0.25, 0.3) is 0 Å². The van der Waals surface area contributed by atoms with Crippen LogP contribution >= 0.6 is 27.3 Å². The van der Waals surface area contributed by atoms with Crippen LogP contribution in [-0.2, 0) is 6.54 Å². The third-order valence-electron chi connectivity index (χ3n) is 2.13. The van der Waals surface area contributed by atoms with Gasteiger partial charge in [0.15, 0.2) is 0 Å². The van der Waals surface area contributed by atoms with E-state index in [9.17, 15) is 0 Å². The Balaban J connectivity index is 2.37.